The fourth-order valence-electron chi connectivity index (χ4n) is 5.02. The highest BCUT2D eigenvalue weighted by molar-refractivity contribution is 5.73. The van der Waals surface area contributed by atoms with Gasteiger partial charge in [0.1, 0.15) is 17.1 Å². The lowest BCUT2D eigenvalue weighted by Gasteiger charge is -2.44. The fourth-order valence-corrected chi connectivity index (χ4v) is 5.02. The Morgan fingerprint density at radius 1 is 0.786 bits per heavy atom. The van der Waals surface area contributed by atoms with Crippen molar-refractivity contribution in [3.05, 3.63) is 89.5 Å². The van der Waals surface area contributed by atoms with Crippen molar-refractivity contribution in [1.29, 1.82) is 0 Å². The molecule has 0 amide bonds. The van der Waals surface area contributed by atoms with Gasteiger partial charge in [-0.1, -0.05) is 60.7 Å². The third-order valence-corrected chi connectivity index (χ3v) is 6.24. The lowest BCUT2D eigenvalue weighted by Crippen LogP contribution is -2.42. The Morgan fingerprint density at radius 3 is 2.32 bits per heavy atom. The Balaban J connectivity index is 1.59. The van der Waals surface area contributed by atoms with Crippen LogP contribution in [-0.2, 0) is 6.42 Å². The number of para-hydroxylation sites is 1. The van der Waals surface area contributed by atoms with Gasteiger partial charge in [0.2, 0.25) is 0 Å². The van der Waals surface area contributed by atoms with Gasteiger partial charge < -0.3 is 4.90 Å². The van der Waals surface area contributed by atoms with Crippen LogP contribution in [-0.4, -0.2) is 28.1 Å². The summed E-state index contributed by atoms with van der Waals surface area (Å²) in [6, 6.07) is 25.9. The molecule has 0 radical (unpaired) electrons. The number of aromatic nitrogens is 3. The predicted molar refractivity (Wildman–Crippen MR) is 112 cm³/mol. The van der Waals surface area contributed by atoms with Crippen LogP contribution in [0.15, 0.2) is 72.8 Å². The van der Waals surface area contributed by atoms with Gasteiger partial charge in [0.25, 0.3) is 0 Å². The zero-order valence-electron chi connectivity index (χ0n) is 15.7. The van der Waals surface area contributed by atoms with Crippen LogP contribution < -0.4 is 4.90 Å². The number of aryl methyl sites for hydroxylation is 1. The molecule has 0 saturated heterocycles. The molecule has 0 bridgehead atoms. The van der Waals surface area contributed by atoms with E-state index in [9.17, 15) is 0 Å². The van der Waals surface area contributed by atoms with Gasteiger partial charge in [0.05, 0.1) is 0 Å². The summed E-state index contributed by atoms with van der Waals surface area (Å²) >= 11 is 0. The molecule has 2 aliphatic heterocycles. The van der Waals surface area contributed by atoms with Crippen LogP contribution in [0.2, 0.25) is 0 Å². The van der Waals surface area contributed by atoms with Crippen LogP contribution in [0.3, 0.4) is 0 Å². The van der Waals surface area contributed by atoms with E-state index in [4.69, 9.17) is 10.2 Å². The highest BCUT2D eigenvalue weighted by Gasteiger charge is 2.39. The lowest BCUT2D eigenvalue weighted by atomic mass is 9.80. The van der Waals surface area contributed by atoms with Crippen LogP contribution in [0.1, 0.15) is 35.1 Å². The van der Waals surface area contributed by atoms with Crippen molar-refractivity contribution in [3.8, 4) is 0 Å². The molecule has 0 aliphatic carbocycles. The number of anilines is 1. The third-order valence-electron chi connectivity index (χ3n) is 6.24. The average molecular weight is 366 g/mol. The topological polar surface area (TPSA) is 34.0 Å². The number of hydrogen-bond acceptors (Lipinski definition) is 3. The normalized spacial score (nSPS) is 20.9. The molecule has 2 atom stereocenters. The van der Waals surface area contributed by atoms with Crippen molar-refractivity contribution in [2.45, 2.75) is 24.8 Å². The maximum atomic E-state index is 4.90. The van der Waals surface area contributed by atoms with Gasteiger partial charge in [0, 0.05) is 30.3 Å². The van der Waals surface area contributed by atoms with Crippen molar-refractivity contribution >= 4 is 16.7 Å². The number of hydrogen-bond donors (Lipinski definition) is 0. The molecule has 4 nitrogen and oxygen atoms in total. The van der Waals surface area contributed by atoms with E-state index in [1.807, 2.05) is 29.1 Å². The Kier molecular flexibility index (Phi) is 3.51. The van der Waals surface area contributed by atoms with E-state index in [0.29, 0.717) is 5.92 Å². The van der Waals surface area contributed by atoms with Crippen LogP contribution >= 0.6 is 0 Å². The second kappa shape index (κ2) is 6.20. The maximum Gasteiger partial charge on any atom is 0.113 e. The first-order chi connectivity index (χ1) is 13.9. The number of benzene rings is 3. The second-order valence-corrected chi connectivity index (χ2v) is 7.88. The third kappa shape index (κ3) is 2.37. The minimum Gasteiger partial charge on any atom is -0.370 e. The van der Waals surface area contributed by atoms with Crippen molar-refractivity contribution in [2.24, 2.45) is 0 Å². The molecule has 0 saturated carbocycles. The minimum atomic E-state index is 0.110. The summed E-state index contributed by atoms with van der Waals surface area (Å²) < 4.78 is 0. The average Bonchev–Trinajstić information content (AvgIpc) is 3.18. The molecule has 138 valence electrons. The van der Waals surface area contributed by atoms with Gasteiger partial charge in [-0.25, -0.2) is 0 Å². The maximum absolute atomic E-state index is 4.90. The smallest absolute Gasteiger partial charge is 0.113 e. The molecule has 4 aromatic rings. The molecule has 0 N–H and O–H groups in total. The Labute approximate surface area is 164 Å². The molecule has 3 aromatic carbocycles. The van der Waals surface area contributed by atoms with Crippen molar-refractivity contribution in [3.63, 3.8) is 0 Å². The molecule has 0 unspecified atom stereocenters. The molecule has 1 aromatic heterocycles. The molecule has 28 heavy (non-hydrogen) atoms. The van der Waals surface area contributed by atoms with Gasteiger partial charge in [-0.3, -0.25) is 0 Å². The van der Waals surface area contributed by atoms with Gasteiger partial charge in [0.15, 0.2) is 0 Å². The Bertz CT molecular complexity index is 1110. The molecule has 4 heteroatoms. The van der Waals surface area contributed by atoms with Gasteiger partial charge in [-0.05, 0) is 36.1 Å². The molecule has 0 fully saturated rings. The van der Waals surface area contributed by atoms with E-state index in [-0.39, 0.29) is 6.04 Å². The Morgan fingerprint density at radius 2 is 1.54 bits per heavy atom. The van der Waals surface area contributed by atoms with Crippen LogP contribution in [0.5, 0.6) is 0 Å². The van der Waals surface area contributed by atoms with E-state index in [0.717, 1.165) is 30.5 Å². The minimum absolute atomic E-state index is 0.110. The Hall–Kier alpha value is -3.14. The molecule has 6 rings (SSSR count). The SMILES string of the molecule is c1ccc([C@H]2CN3CCCc4cccc(c43)[C@@H]2n2nc3ccccc3n2)cc1. The lowest BCUT2D eigenvalue weighted by molar-refractivity contribution is 0.375. The molecular weight excluding hydrogens is 344 g/mol. The van der Waals surface area contributed by atoms with Crippen LogP contribution in [0.25, 0.3) is 11.0 Å². The number of nitrogens with zero attached hydrogens (tertiary/aromatic N) is 4. The fraction of sp³-hybridized carbons (Fsp3) is 0.250. The summed E-state index contributed by atoms with van der Waals surface area (Å²) in [5.41, 5.74) is 7.53. The number of fused-ring (bicyclic) bond motifs is 1. The molecule has 0 spiro atoms. The summed E-state index contributed by atoms with van der Waals surface area (Å²) in [4.78, 5) is 4.56. The van der Waals surface area contributed by atoms with Crippen molar-refractivity contribution < 1.29 is 0 Å². The summed E-state index contributed by atoms with van der Waals surface area (Å²) in [6.07, 6.45) is 2.39. The van der Waals surface area contributed by atoms with Crippen molar-refractivity contribution in [2.75, 3.05) is 18.0 Å². The monoisotopic (exact) mass is 366 g/mol. The first-order valence-electron chi connectivity index (χ1n) is 10.1. The molecule has 3 heterocycles. The second-order valence-electron chi connectivity index (χ2n) is 7.88. The summed E-state index contributed by atoms with van der Waals surface area (Å²) in [5, 5.41) is 9.79. The van der Waals surface area contributed by atoms with E-state index >= 15 is 0 Å². The van der Waals surface area contributed by atoms with Gasteiger partial charge in [-0.15, -0.1) is 0 Å². The summed E-state index contributed by atoms with van der Waals surface area (Å²) in [6.45, 7) is 2.14. The van der Waals surface area contributed by atoms with Crippen LogP contribution in [0.4, 0.5) is 5.69 Å². The summed E-state index contributed by atoms with van der Waals surface area (Å²) in [5.74, 6) is 0.323. The van der Waals surface area contributed by atoms with E-state index in [1.165, 1.54) is 28.8 Å². The van der Waals surface area contributed by atoms with Gasteiger partial charge >= 0.3 is 0 Å². The quantitative estimate of drug-likeness (QED) is 0.521. The van der Waals surface area contributed by atoms with E-state index in [1.54, 1.807) is 0 Å². The predicted octanol–water partition coefficient (Wildman–Crippen LogP) is 4.57. The highest BCUT2D eigenvalue weighted by atomic mass is 15.5. The van der Waals surface area contributed by atoms with Crippen LogP contribution in [0, 0.1) is 0 Å². The van der Waals surface area contributed by atoms with Gasteiger partial charge in [-0.2, -0.15) is 15.0 Å². The largest absolute Gasteiger partial charge is 0.370 e. The standard InChI is InChI=1S/C24H22N4/c1-2-8-17(9-3-1)20-16-27-15-7-11-18-10-6-12-19(23(18)27)24(20)28-25-21-13-4-5-14-22(21)26-28/h1-6,8-10,12-14,20,24H,7,11,15-16H2/t20-,24+/m1/s1. The molecular formula is C24H22N4. The molecule has 2 aliphatic rings. The number of rotatable bonds is 2. The van der Waals surface area contributed by atoms with Crippen molar-refractivity contribution in [1.82, 2.24) is 15.0 Å². The summed E-state index contributed by atoms with van der Waals surface area (Å²) in [7, 11) is 0. The first-order valence-corrected chi connectivity index (χ1v) is 10.1. The highest BCUT2D eigenvalue weighted by Crippen LogP contribution is 2.46. The first kappa shape index (κ1) is 15.9. The van der Waals surface area contributed by atoms with E-state index in [2.05, 4.69) is 53.4 Å². The van der Waals surface area contributed by atoms with E-state index < -0.39 is 0 Å². The zero-order chi connectivity index (χ0) is 18.5. The zero-order valence-corrected chi connectivity index (χ0v) is 15.7.